The van der Waals surface area contributed by atoms with Crippen molar-refractivity contribution in [2.45, 2.75) is 32.2 Å². The van der Waals surface area contributed by atoms with Crippen LogP contribution in [0.5, 0.6) is 0 Å². The topological polar surface area (TPSA) is 46.3 Å². The van der Waals surface area contributed by atoms with Gasteiger partial charge in [-0.15, -0.1) is 0 Å². The van der Waals surface area contributed by atoms with Gasteiger partial charge in [0.2, 0.25) is 5.91 Å². The van der Waals surface area contributed by atoms with Gasteiger partial charge in [0.05, 0.1) is 0 Å². The third-order valence-electron chi connectivity index (χ3n) is 2.86. The van der Waals surface area contributed by atoms with Gasteiger partial charge in [0.25, 0.3) is 0 Å². The highest BCUT2D eigenvalue weighted by Gasteiger charge is 2.09. The molecule has 1 amide bonds. The smallest absolute Gasteiger partial charge is 0.222 e. The molecule has 0 spiro atoms. The van der Waals surface area contributed by atoms with Gasteiger partial charge in [0.1, 0.15) is 5.82 Å². The summed E-state index contributed by atoms with van der Waals surface area (Å²) in [7, 11) is 1.77. The molecule has 18 heavy (non-hydrogen) atoms. The van der Waals surface area contributed by atoms with Gasteiger partial charge in [-0.2, -0.15) is 0 Å². The van der Waals surface area contributed by atoms with E-state index >= 15 is 0 Å². The van der Waals surface area contributed by atoms with Crippen LogP contribution < -0.4 is 5.73 Å². The summed E-state index contributed by atoms with van der Waals surface area (Å²) in [5.41, 5.74) is 6.51. The second kappa shape index (κ2) is 7.11. The van der Waals surface area contributed by atoms with E-state index in [-0.39, 0.29) is 17.8 Å². The lowest BCUT2D eigenvalue weighted by Gasteiger charge is -2.17. The van der Waals surface area contributed by atoms with Crippen LogP contribution in [0.3, 0.4) is 0 Å². The number of halogens is 1. The minimum Gasteiger partial charge on any atom is -0.345 e. The number of hydrogen-bond donors (Lipinski definition) is 1. The number of rotatable bonds is 6. The van der Waals surface area contributed by atoms with Gasteiger partial charge in [-0.05, 0) is 37.5 Å². The normalized spacial score (nSPS) is 12.2. The van der Waals surface area contributed by atoms with E-state index in [9.17, 15) is 9.18 Å². The van der Waals surface area contributed by atoms with Crippen LogP contribution >= 0.6 is 0 Å². The van der Waals surface area contributed by atoms with Crippen molar-refractivity contribution < 1.29 is 9.18 Å². The Morgan fingerprint density at radius 2 is 2.22 bits per heavy atom. The van der Waals surface area contributed by atoms with Gasteiger partial charge >= 0.3 is 0 Å². The average molecular weight is 252 g/mol. The van der Waals surface area contributed by atoms with Gasteiger partial charge in [0.15, 0.2) is 0 Å². The molecular weight excluding hydrogens is 231 g/mol. The van der Waals surface area contributed by atoms with Crippen LogP contribution in [0.4, 0.5) is 4.39 Å². The van der Waals surface area contributed by atoms with Gasteiger partial charge in [0, 0.05) is 26.1 Å². The minimum absolute atomic E-state index is 0.0468. The van der Waals surface area contributed by atoms with Crippen molar-refractivity contribution in [3.05, 3.63) is 35.6 Å². The molecule has 0 aliphatic rings. The Balaban J connectivity index is 2.36. The van der Waals surface area contributed by atoms with Crippen molar-refractivity contribution in [2.75, 3.05) is 13.6 Å². The van der Waals surface area contributed by atoms with E-state index < -0.39 is 0 Å². The van der Waals surface area contributed by atoms with Crippen molar-refractivity contribution in [1.82, 2.24) is 4.90 Å². The van der Waals surface area contributed by atoms with E-state index in [1.165, 1.54) is 12.1 Å². The van der Waals surface area contributed by atoms with Crippen LogP contribution in [0.15, 0.2) is 24.3 Å². The number of carbonyl (C=O) groups is 1. The first kappa shape index (κ1) is 14.6. The lowest BCUT2D eigenvalue weighted by atomic mass is 10.1. The standard InChI is InChI=1S/C14H21FN2O/c1-11(16)6-7-14(18)17(2)9-8-12-4-3-5-13(15)10-12/h3-5,10-11H,6-9,16H2,1-2H3. The van der Waals surface area contributed by atoms with Crippen LogP contribution in [0.25, 0.3) is 0 Å². The Kier molecular flexibility index (Phi) is 5.78. The molecule has 1 atom stereocenters. The van der Waals surface area contributed by atoms with E-state index in [0.29, 0.717) is 25.8 Å². The van der Waals surface area contributed by atoms with E-state index in [2.05, 4.69) is 0 Å². The van der Waals surface area contributed by atoms with Gasteiger partial charge in [-0.1, -0.05) is 12.1 Å². The Hall–Kier alpha value is -1.42. The average Bonchev–Trinajstić information content (AvgIpc) is 2.33. The summed E-state index contributed by atoms with van der Waals surface area (Å²) < 4.78 is 13.0. The summed E-state index contributed by atoms with van der Waals surface area (Å²) in [6, 6.07) is 6.51. The molecule has 0 aliphatic carbocycles. The van der Waals surface area contributed by atoms with Crippen LogP contribution in [0.2, 0.25) is 0 Å². The zero-order valence-corrected chi connectivity index (χ0v) is 11.0. The maximum atomic E-state index is 13.0. The molecule has 1 unspecified atom stereocenters. The lowest BCUT2D eigenvalue weighted by Crippen LogP contribution is -2.30. The molecule has 2 N–H and O–H groups in total. The number of amides is 1. The molecule has 0 saturated heterocycles. The minimum atomic E-state index is -0.238. The maximum Gasteiger partial charge on any atom is 0.222 e. The Labute approximate surface area is 108 Å². The lowest BCUT2D eigenvalue weighted by molar-refractivity contribution is -0.130. The third-order valence-corrected chi connectivity index (χ3v) is 2.86. The molecule has 1 aromatic rings. The number of likely N-dealkylation sites (N-methyl/N-ethyl adjacent to an activating group) is 1. The molecule has 0 radical (unpaired) electrons. The second-order valence-corrected chi connectivity index (χ2v) is 4.71. The molecule has 0 bridgehead atoms. The number of nitrogens with two attached hydrogens (primary N) is 1. The van der Waals surface area contributed by atoms with Crippen LogP contribution in [0.1, 0.15) is 25.3 Å². The van der Waals surface area contributed by atoms with E-state index in [1.807, 2.05) is 13.0 Å². The highest BCUT2D eigenvalue weighted by atomic mass is 19.1. The first-order chi connectivity index (χ1) is 8.49. The van der Waals surface area contributed by atoms with Crippen molar-refractivity contribution in [3.8, 4) is 0 Å². The zero-order valence-electron chi connectivity index (χ0n) is 11.0. The quantitative estimate of drug-likeness (QED) is 0.841. The number of hydrogen-bond acceptors (Lipinski definition) is 2. The summed E-state index contributed by atoms with van der Waals surface area (Å²) in [4.78, 5) is 13.4. The fourth-order valence-corrected chi connectivity index (χ4v) is 1.66. The Morgan fingerprint density at radius 3 is 2.83 bits per heavy atom. The maximum absolute atomic E-state index is 13.0. The van der Waals surface area contributed by atoms with Crippen molar-refractivity contribution in [3.63, 3.8) is 0 Å². The van der Waals surface area contributed by atoms with Crippen LogP contribution in [-0.2, 0) is 11.2 Å². The molecule has 0 heterocycles. The van der Waals surface area contributed by atoms with Crippen molar-refractivity contribution in [2.24, 2.45) is 5.73 Å². The first-order valence-electron chi connectivity index (χ1n) is 6.23. The largest absolute Gasteiger partial charge is 0.345 e. The Morgan fingerprint density at radius 1 is 1.50 bits per heavy atom. The molecule has 100 valence electrons. The summed E-state index contributed by atoms with van der Waals surface area (Å²) >= 11 is 0. The summed E-state index contributed by atoms with van der Waals surface area (Å²) in [6.07, 6.45) is 1.83. The van der Waals surface area contributed by atoms with Crippen LogP contribution in [0, 0.1) is 5.82 Å². The van der Waals surface area contributed by atoms with Crippen LogP contribution in [-0.4, -0.2) is 30.4 Å². The second-order valence-electron chi connectivity index (χ2n) is 4.71. The highest BCUT2D eigenvalue weighted by molar-refractivity contribution is 5.75. The molecular formula is C14H21FN2O. The predicted molar refractivity (Wildman–Crippen MR) is 70.6 cm³/mol. The summed E-state index contributed by atoms with van der Waals surface area (Å²) in [5, 5.41) is 0. The van der Waals surface area contributed by atoms with E-state index in [4.69, 9.17) is 5.73 Å². The molecule has 4 heteroatoms. The predicted octanol–water partition coefficient (Wildman–Crippen LogP) is 1.95. The van der Waals surface area contributed by atoms with Gasteiger partial charge < -0.3 is 10.6 Å². The Bertz CT molecular complexity index is 393. The van der Waals surface area contributed by atoms with E-state index in [1.54, 1.807) is 18.0 Å². The summed E-state index contributed by atoms with van der Waals surface area (Å²) in [5.74, 6) is -0.151. The van der Waals surface area contributed by atoms with E-state index in [0.717, 1.165) is 5.56 Å². The first-order valence-corrected chi connectivity index (χ1v) is 6.23. The monoisotopic (exact) mass is 252 g/mol. The third kappa shape index (κ3) is 5.27. The van der Waals surface area contributed by atoms with Crippen molar-refractivity contribution in [1.29, 1.82) is 0 Å². The molecule has 1 aromatic carbocycles. The molecule has 0 aliphatic heterocycles. The van der Waals surface area contributed by atoms with Gasteiger partial charge in [-0.3, -0.25) is 4.79 Å². The fourth-order valence-electron chi connectivity index (χ4n) is 1.66. The number of carbonyl (C=O) groups excluding carboxylic acids is 1. The molecule has 0 saturated carbocycles. The summed E-state index contributed by atoms with van der Waals surface area (Å²) in [6.45, 7) is 2.49. The SMILES string of the molecule is CC(N)CCC(=O)N(C)CCc1cccc(F)c1. The highest BCUT2D eigenvalue weighted by Crippen LogP contribution is 2.06. The zero-order chi connectivity index (χ0) is 13.5. The van der Waals surface area contributed by atoms with Gasteiger partial charge in [-0.25, -0.2) is 4.39 Å². The molecule has 1 rings (SSSR count). The molecule has 3 nitrogen and oxygen atoms in total. The van der Waals surface area contributed by atoms with Crippen molar-refractivity contribution >= 4 is 5.91 Å². The fraction of sp³-hybridized carbons (Fsp3) is 0.500. The number of benzene rings is 1. The number of nitrogens with zero attached hydrogens (tertiary/aromatic N) is 1. The molecule has 0 fully saturated rings. The molecule has 0 aromatic heterocycles.